The van der Waals surface area contributed by atoms with Crippen LogP contribution in [0.4, 0.5) is 5.69 Å². The first-order valence-electron chi connectivity index (χ1n) is 10.9. The van der Waals surface area contributed by atoms with Crippen molar-refractivity contribution in [1.82, 2.24) is 9.55 Å². The quantitative estimate of drug-likeness (QED) is 0.372. The molecule has 32 heavy (non-hydrogen) atoms. The van der Waals surface area contributed by atoms with E-state index in [0.717, 1.165) is 35.4 Å². The van der Waals surface area contributed by atoms with Gasteiger partial charge in [0.05, 0.1) is 24.5 Å². The molecular weight excluding hydrogens is 398 g/mol. The third-order valence-corrected chi connectivity index (χ3v) is 5.82. The number of ether oxygens (including phenoxy) is 1. The van der Waals surface area contributed by atoms with E-state index in [0.29, 0.717) is 12.8 Å². The monoisotopic (exact) mass is 427 g/mol. The van der Waals surface area contributed by atoms with Crippen molar-refractivity contribution in [3.8, 4) is 5.82 Å². The Morgan fingerprint density at radius 2 is 1.78 bits per heavy atom. The molecule has 4 rings (SSSR count). The maximum absolute atomic E-state index is 11.6. The molecule has 0 amide bonds. The van der Waals surface area contributed by atoms with Crippen LogP contribution in [0, 0.1) is 0 Å². The lowest BCUT2D eigenvalue weighted by atomic mass is 10.0. The fraction of sp³-hybridized carbons (Fsp3) is 0.259. The van der Waals surface area contributed by atoms with Crippen LogP contribution in [-0.4, -0.2) is 36.7 Å². The number of rotatable bonds is 8. The first-order valence-corrected chi connectivity index (χ1v) is 10.9. The van der Waals surface area contributed by atoms with Crippen LogP contribution >= 0.6 is 0 Å². The van der Waals surface area contributed by atoms with Gasteiger partial charge in [0, 0.05) is 32.1 Å². The average Bonchev–Trinajstić information content (AvgIpc) is 3.19. The molecule has 0 radical (unpaired) electrons. The van der Waals surface area contributed by atoms with Gasteiger partial charge in [0.1, 0.15) is 5.82 Å². The molecule has 0 spiro atoms. The molecule has 2 aromatic carbocycles. The number of aryl methyl sites for hydroxylation is 3. The number of fused-ring (bicyclic) bond motifs is 1. The van der Waals surface area contributed by atoms with E-state index in [2.05, 4.69) is 65.4 Å². The summed E-state index contributed by atoms with van der Waals surface area (Å²) in [6.07, 6.45) is 7.06. The maximum Gasteiger partial charge on any atom is 0.305 e. The van der Waals surface area contributed by atoms with Crippen molar-refractivity contribution in [2.45, 2.75) is 25.7 Å². The smallest absolute Gasteiger partial charge is 0.305 e. The highest BCUT2D eigenvalue weighted by atomic mass is 16.5. The number of hydrogen-bond acceptors (Lipinski definition) is 4. The van der Waals surface area contributed by atoms with Crippen LogP contribution in [0.2, 0.25) is 0 Å². The molecule has 0 N–H and O–H groups in total. The molecule has 164 valence electrons. The van der Waals surface area contributed by atoms with Crippen LogP contribution in [0.1, 0.15) is 23.1 Å². The molecule has 5 heteroatoms. The van der Waals surface area contributed by atoms with Gasteiger partial charge in [-0.2, -0.15) is 0 Å². The summed E-state index contributed by atoms with van der Waals surface area (Å²) in [5, 5.41) is 1.21. The summed E-state index contributed by atoms with van der Waals surface area (Å²) in [4.78, 5) is 18.4. The fourth-order valence-electron chi connectivity index (χ4n) is 3.95. The van der Waals surface area contributed by atoms with E-state index in [4.69, 9.17) is 9.72 Å². The minimum Gasteiger partial charge on any atom is -0.469 e. The Balaban J connectivity index is 1.70. The van der Waals surface area contributed by atoms with Crippen molar-refractivity contribution >= 4 is 22.6 Å². The third kappa shape index (κ3) is 4.83. The topological polar surface area (TPSA) is 47.4 Å². The molecule has 0 atom stereocenters. The summed E-state index contributed by atoms with van der Waals surface area (Å²) in [5.41, 5.74) is 5.93. The van der Waals surface area contributed by atoms with Crippen LogP contribution in [0.25, 0.3) is 16.7 Å². The van der Waals surface area contributed by atoms with E-state index >= 15 is 0 Å². The predicted molar refractivity (Wildman–Crippen MR) is 130 cm³/mol. The Kier molecular flexibility index (Phi) is 6.55. The van der Waals surface area contributed by atoms with Crippen LogP contribution in [0.15, 0.2) is 73.1 Å². The maximum atomic E-state index is 11.6. The van der Waals surface area contributed by atoms with Gasteiger partial charge in [-0.3, -0.25) is 4.79 Å². The van der Waals surface area contributed by atoms with E-state index in [1.807, 2.05) is 31.3 Å². The van der Waals surface area contributed by atoms with E-state index in [1.165, 1.54) is 23.6 Å². The van der Waals surface area contributed by atoms with E-state index in [-0.39, 0.29) is 5.97 Å². The Hall–Kier alpha value is -3.60. The number of hydrogen-bond donors (Lipinski definition) is 0. The van der Waals surface area contributed by atoms with E-state index in [1.54, 1.807) is 0 Å². The molecule has 0 saturated carbocycles. The van der Waals surface area contributed by atoms with Crippen molar-refractivity contribution in [3.05, 3.63) is 89.7 Å². The first-order chi connectivity index (χ1) is 15.5. The van der Waals surface area contributed by atoms with Gasteiger partial charge >= 0.3 is 5.97 Å². The summed E-state index contributed by atoms with van der Waals surface area (Å²) in [6.45, 7) is 0. The Morgan fingerprint density at radius 1 is 0.969 bits per heavy atom. The zero-order chi connectivity index (χ0) is 22.5. The third-order valence-electron chi connectivity index (χ3n) is 5.82. The zero-order valence-corrected chi connectivity index (χ0v) is 18.9. The molecule has 0 unspecified atom stereocenters. The van der Waals surface area contributed by atoms with Gasteiger partial charge in [-0.1, -0.05) is 36.4 Å². The van der Waals surface area contributed by atoms with Gasteiger partial charge in [0.2, 0.25) is 0 Å². The second kappa shape index (κ2) is 9.69. The molecule has 0 aliphatic rings. The summed E-state index contributed by atoms with van der Waals surface area (Å²) < 4.78 is 6.97. The van der Waals surface area contributed by atoms with E-state index in [9.17, 15) is 4.79 Å². The largest absolute Gasteiger partial charge is 0.469 e. The lowest BCUT2D eigenvalue weighted by Gasteiger charge is -2.12. The van der Waals surface area contributed by atoms with Gasteiger partial charge in [0.25, 0.3) is 0 Å². The van der Waals surface area contributed by atoms with Gasteiger partial charge in [-0.15, -0.1) is 0 Å². The Bertz CT molecular complexity index is 1200. The number of anilines is 1. The molecule has 0 saturated heterocycles. The lowest BCUT2D eigenvalue weighted by Crippen LogP contribution is -2.09. The SMILES string of the molecule is COC(=O)CCc1ccc2c(c1)c(CCc1ccccc1)cn2-c1ccc(N(C)C)cn1. The molecule has 0 fully saturated rings. The standard InChI is InChI=1S/C27H29N3O2/c1-29(2)23-13-15-26(28-18-23)30-19-22(12-9-20-7-5-4-6-8-20)24-17-21(10-14-25(24)30)11-16-27(31)32-3/h4-8,10,13-15,17-19H,9,11-12,16H2,1-3H3. The molecule has 2 heterocycles. The first kappa shape index (κ1) is 21.6. The molecular formula is C27H29N3O2. The number of methoxy groups -OCH3 is 1. The zero-order valence-electron chi connectivity index (χ0n) is 18.9. The number of nitrogens with zero attached hydrogens (tertiary/aromatic N) is 3. The van der Waals surface area contributed by atoms with Crippen LogP contribution < -0.4 is 4.90 Å². The number of benzene rings is 2. The Morgan fingerprint density at radius 3 is 2.47 bits per heavy atom. The van der Waals surface area contributed by atoms with Crippen molar-refractivity contribution < 1.29 is 9.53 Å². The van der Waals surface area contributed by atoms with Gasteiger partial charge in [0.15, 0.2) is 0 Å². The number of pyridine rings is 1. The second-order valence-corrected chi connectivity index (χ2v) is 8.21. The van der Waals surface area contributed by atoms with Gasteiger partial charge < -0.3 is 14.2 Å². The van der Waals surface area contributed by atoms with Crippen LogP contribution in [0.3, 0.4) is 0 Å². The minimum absolute atomic E-state index is 0.183. The van der Waals surface area contributed by atoms with Crippen molar-refractivity contribution in [3.63, 3.8) is 0 Å². The van der Waals surface area contributed by atoms with E-state index < -0.39 is 0 Å². The molecule has 5 nitrogen and oxygen atoms in total. The second-order valence-electron chi connectivity index (χ2n) is 8.21. The normalized spacial score (nSPS) is 11.0. The van der Waals surface area contributed by atoms with Crippen LogP contribution in [-0.2, 0) is 28.8 Å². The number of aromatic nitrogens is 2. The van der Waals surface area contributed by atoms with Gasteiger partial charge in [-0.05, 0) is 60.2 Å². The fourth-order valence-corrected chi connectivity index (χ4v) is 3.95. The van der Waals surface area contributed by atoms with Crippen molar-refractivity contribution in [1.29, 1.82) is 0 Å². The highest BCUT2D eigenvalue weighted by Crippen LogP contribution is 2.28. The van der Waals surface area contributed by atoms with Crippen molar-refractivity contribution in [2.75, 3.05) is 26.1 Å². The van der Waals surface area contributed by atoms with Crippen molar-refractivity contribution in [2.24, 2.45) is 0 Å². The molecule has 0 aliphatic heterocycles. The van der Waals surface area contributed by atoms with Crippen LogP contribution in [0.5, 0.6) is 0 Å². The highest BCUT2D eigenvalue weighted by Gasteiger charge is 2.13. The molecule has 0 aliphatic carbocycles. The number of esters is 1. The molecule has 2 aromatic heterocycles. The molecule has 0 bridgehead atoms. The summed E-state index contributed by atoms with van der Waals surface area (Å²) in [5.74, 6) is 0.714. The highest BCUT2D eigenvalue weighted by molar-refractivity contribution is 5.86. The number of carbonyl (C=O) groups excluding carboxylic acids is 1. The minimum atomic E-state index is -0.183. The summed E-state index contributed by atoms with van der Waals surface area (Å²) >= 11 is 0. The Labute approximate surface area is 189 Å². The van der Waals surface area contributed by atoms with Gasteiger partial charge in [-0.25, -0.2) is 4.98 Å². The summed E-state index contributed by atoms with van der Waals surface area (Å²) in [7, 11) is 5.46. The molecule has 4 aromatic rings. The average molecular weight is 428 g/mol. The summed E-state index contributed by atoms with van der Waals surface area (Å²) in [6, 6.07) is 21.1. The number of carbonyl (C=O) groups is 1. The lowest BCUT2D eigenvalue weighted by molar-refractivity contribution is -0.140. The predicted octanol–water partition coefficient (Wildman–Crippen LogP) is 4.98.